The summed E-state index contributed by atoms with van der Waals surface area (Å²) in [4.78, 5) is 24.1. The van der Waals surface area contributed by atoms with E-state index in [1.807, 2.05) is 6.92 Å². The van der Waals surface area contributed by atoms with Crippen LogP contribution in [0.3, 0.4) is 0 Å². The molecule has 0 radical (unpaired) electrons. The summed E-state index contributed by atoms with van der Waals surface area (Å²) in [5.74, 6) is -0.145. The van der Waals surface area contributed by atoms with Gasteiger partial charge in [-0.2, -0.15) is 0 Å². The maximum Gasteiger partial charge on any atom is 0.239 e. The largest absolute Gasteiger partial charge is 0.355 e. The average Bonchev–Trinajstić information content (AvgIpc) is 2.97. The summed E-state index contributed by atoms with van der Waals surface area (Å²) < 4.78 is 0. The quantitative estimate of drug-likeness (QED) is 0.615. The molecule has 86 valence electrons. The van der Waals surface area contributed by atoms with E-state index in [0.717, 1.165) is 12.8 Å². The lowest BCUT2D eigenvalue weighted by Gasteiger charge is -2.16. The molecular weight excluding hydrogens is 194 g/mol. The van der Waals surface area contributed by atoms with Crippen LogP contribution >= 0.6 is 0 Å². The van der Waals surface area contributed by atoms with E-state index >= 15 is 0 Å². The zero-order valence-electron chi connectivity index (χ0n) is 9.38. The lowest BCUT2D eigenvalue weighted by atomic mass is 10.4. The second-order valence-electron chi connectivity index (χ2n) is 3.86. The molecule has 1 rings (SSSR count). The molecule has 0 unspecified atom stereocenters. The number of amides is 2. The molecule has 2 N–H and O–H groups in total. The molecule has 0 heterocycles. The van der Waals surface area contributed by atoms with Gasteiger partial charge in [-0.1, -0.05) is 0 Å². The summed E-state index contributed by atoms with van der Waals surface area (Å²) in [6.07, 6.45) is 2.32. The third kappa shape index (κ3) is 4.78. The van der Waals surface area contributed by atoms with Gasteiger partial charge in [0.05, 0.1) is 13.1 Å². The normalized spacial score (nSPS) is 14.8. The Labute approximate surface area is 90.2 Å². The molecule has 0 saturated heterocycles. The number of carbonyl (C=O) groups is 2. The van der Waals surface area contributed by atoms with Crippen molar-refractivity contribution in [1.29, 1.82) is 0 Å². The lowest BCUT2D eigenvalue weighted by Crippen LogP contribution is -2.42. The SMILES string of the molecule is CCNC(=O)CN(C)C(=O)CNC1CC1. The van der Waals surface area contributed by atoms with E-state index in [1.54, 1.807) is 7.05 Å². The predicted octanol–water partition coefficient (Wildman–Crippen LogP) is -0.667. The van der Waals surface area contributed by atoms with Crippen molar-refractivity contribution in [3.8, 4) is 0 Å². The first-order chi connectivity index (χ1) is 7.13. The topological polar surface area (TPSA) is 61.4 Å². The Balaban J connectivity index is 2.15. The molecule has 0 aliphatic heterocycles. The smallest absolute Gasteiger partial charge is 0.239 e. The molecule has 2 amide bonds. The fourth-order valence-electron chi connectivity index (χ4n) is 1.21. The van der Waals surface area contributed by atoms with E-state index in [-0.39, 0.29) is 18.4 Å². The van der Waals surface area contributed by atoms with Crippen LogP contribution in [0.5, 0.6) is 0 Å². The van der Waals surface area contributed by atoms with Gasteiger partial charge >= 0.3 is 0 Å². The molecule has 15 heavy (non-hydrogen) atoms. The summed E-state index contributed by atoms with van der Waals surface area (Å²) >= 11 is 0. The minimum absolute atomic E-state index is 0.0341. The van der Waals surface area contributed by atoms with Crippen LogP contribution in [0.25, 0.3) is 0 Å². The molecule has 5 heteroatoms. The van der Waals surface area contributed by atoms with Crippen molar-refractivity contribution in [3.63, 3.8) is 0 Å². The van der Waals surface area contributed by atoms with Gasteiger partial charge < -0.3 is 15.5 Å². The van der Waals surface area contributed by atoms with Crippen LogP contribution < -0.4 is 10.6 Å². The Morgan fingerprint density at radius 2 is 2.07 bits per heavy atom. The number of hydrogen-bond donors (Lipinski definition) is 2. The van der Waals surface area contributed by atoms with Gasteiger partial charge in [0.25, 0.3) is 0 Å². The van der Waals surface area contributed by atoms with Crippen LogP contribution in [0.4, 0.5) is 0 Å². The highest BCUT2D eigenvalue weighted by atomic mass is 16.2. The van der Waals surface area contributed by atoms with Crippen molar-refractivity contribution >= 4 is 11.8 Å². The van der Waals surface area contributed by atoms with Gasteiger partial charge in [-0.25, -0.2) is 0 Å². The highest BCUT2D eigenvalue weighted by Crippen LogP contribution is 2.17. The minimum atomic E-state index is -0.111. The third-order valence-corrected chi connectivity index (χ3v) is 2.30. The molecule has 0 aromatic carbocycles. The standard InChI is InChI=1S/C10H19N3O2/c1-3-11-9(14)7-13(2)10(15)6-12-8-4-5-8/h8,12H,3-7H2,1-2H3,(H,11,14). The van der Waals surface area contributed by atoms with Crippen LogP contribution in [-0.2, 0) is 9.59 Å². The second kappa shape index (κ2) is 5.70. The average molecular weight is 213 g/mol. The van der Waals surface area contributed by atoms with Crippen LogP contribution in [-0.4, -0.2) is 49.4 Å². The third-order valence-electron chi connectivity index (χ3n) is 2.30. The summed E-state index contributed by atoms with van der Waals surface area (Å²) in [5.41, 5.74) is 0. The molecule has 0 atom stereocenters. The predicted molar refractivity (Wildman–Crippen MR) is 57.3 cm³/mol. The first kappa shape index (κ1) is 12.0. The molecule has 0 spiro atoms. The van der Waals surface area contributed by atoms with Gasteiger partial charge in [-0.05, 0) is 19.8 Å². The van der Waals surface area contributed by atoms with E-state index in [4.69, 9.17) is 0 Å². The molecular formula is C10H19N3O2. The maximum atomic E-state index is 11.5. The van der Waals surface area contributed by atoms with Crippen LogP contribution in [0.1, 0.15) is 19.8 Å². The minimum Gasteiger partial charge on any atom is -0.355 e. The van der Waals surface area contributed by atoms with Gasteiger partial charge in [0.15, 0.2) is 0 Å². The van der Waals surface area contributed by atoms with Crippen molar-refractivity contribution in [2.45, 2.75) is 25.8 Å². The molecule has 1 saturated carbocycles. The highest BCUT2D eigenvalue weighted by molar-refractivity contribution is 5.85. The fraction of sp³-hybridized carbons (Fsp3) is 0.800. The lowest BCUT2D eigenvalue weighted by molar-refractivity contribution is -0.134. The van der Waals surface area contributed by atoms with E-state index in [9.17, 15) is 9.59 Å². The molecule has 1 aliphatic rings. The molecule has 0 bridgehead atoms. The maximum absolute atomic E-state index is 11.5. The molecule has 0 aromatic heterocycles. The number of nitrogens with zero attached hydrogens (tertiary/aromatic N) is 1. The van der Waals surface area contributed by atoms with Crippen LogP contribution in [0, 0.1) is 0 Å². The molecule has 1 fully saturated rings. The number of nitrogens with one attached hydrogen (secondary N) is 2. The Bertz CT molecular complexity index is 239. The highest BCUT2D eigenvalue weighted by Gasteiger charge is 2.22. The van der Waals surface area contributed by atoms with Gasteiger partial charge in [-0.15, -0.1) is 0 Å². The van der Waals surface area contributed by atoms with Gasteiger partial charge in [0.2, 0.25) is 11.8 Å². The van der Waals surface area contributed by atoms with E-state index in [0.29, 0.717) is 19.1 Å². The Hall–Kier alpha value is -1.10. The van der Waals surface area contributed by atoms with E-state index in [1.165, 1.54) is 4.90 Å². The van der Waals surface area contributed by atoms with Crippen molar-refractivity contribution in [2.75, 3.05) is 26.7 Å². The molecule has 1 aliphatic carbocycles. The number of hydrogen-bond acceptors (Lipinski definition) is 3. The zero-order chi connectivity index (χ0) is 11.3. The zero-order valence-corrected chi connectivity index (χ0v) is 9.38. The van der Waals surface area contributed by atoms with Gasteiger partial charge in [0, 0.05) is 19.6 Å². The first-order valence-corrected chi connectivity index (χ1v) is 5.37. The van der Waals surface area contributed by atoms with Crippen molar-refractivity contribution in [3.05, 3.63) is 0 Å². The number of likely N-dealkylation sites (N-methyl/N-ethyl adjacent to an activating group) is 2. The molecule has 0 aromatic rings. The first-order valence-electron chi connectivity index (χ1n) is 5.37. The van der Waals surface area contributed by atoms with Crippen molar-refractivity contribution in [2.24, 2.45) is 0 Å². The van der Waals surface area contributed by atoms with Gasteiger partial charge in [0.1, 0.15) is 0 Å². The van der Waals surface area contributed by atoms with Crippen molar-refractivity contribution < 1.29 is 9.59 Å². The summed E-state index contributed by atoms with van der Waals surface area (Å²) in [6.45, 7) is 2.93. The van der Waals surface area contributed by atoms with E-state index in [2.05, 4.69) is 10.6 Å². The Kier molecular flexibility index (Phi) is 4.55. The second-order valence-corrected chi connectivity index (χ2v) is 3.86. The van der Waals surface area contributed by atoms with Crippen molar-refractivity contribution in [1.82, 2.24) is 15.5 Å². The van der Waals surface area contributed by atoms with Crippen LogP contribution in [0.15, 0.2) is 0 Å². The Morgan fingerprint density at radius 1 is 1.40 bits per heavy atom. The van der Waals surface area contributed by atoms with Gasteiger partial charge in [-0.3, -0.25) is 9.59 Å². The number of rotatable bonds is 6. The van der Waals surface area contributed by atoms with E-state index < -0.39 is 0 Å². The summed E-state index contributed by atoms with van der Waals surface area (Å²) in [6, 6.07) is 0.520. The summed E-state index contributed by atoms with van der Waals surface area (Å²) in [7, 11) is 1.64. The Morgan fingerprint density at radius 3 is 2.60 bits per heavy atom. The summed E-state index contributed by atoms with van der Waals surface area (Å²) in [5, 5.41) is 5.77. The number of carbonyl (C=O) groups excluding carboxylic acids is 2. The molecule has 5 nitrogen and oxygen atoms in total. The fourth-order valence-corrected chi connectivity index (χ4v) is 1.21. The monoisotopic (exact) mass is 213 g/mol. The van der Waals surface area contributed by atoms with Crippen LogP contribution in [0.2, 0.25) is 0 Å².